The highest BCUT2D eigenvalue weighted by molar-refractivity contribution is 5.75. The van der Waals surface area contributed by atoms with E-state index in [1.807, 2.05) is 20.8 Å². The van der Waals surface area contributed by atoms with Gasteiger partial charge < -0.3 is 5.11 Å². The highest BCUT2D eigenvalue weighted by Gasteiger charge is 2.22. The number of hydrogen-bond acceptors (Lipinski definition) is 2. The molecule has 1 radical (unpaired) electrons. The summed E-state index contributed by atoms with van der Waals surface area (Å²) in [7, 11) is 0. The molecule has 0 bridgehead atoms. The normalized spacial score (nSPS) is 13.5. The summed E-state index contributed by atoms with van der Waals surface area (Å²) in [6.07, 6.45) is 0. The Labute approximate surface area is 95.7 Å². The fourth-order valence-corrected chi connectivity index (χ4v) is 1.56. The Hall–Kier alpha value is -1.51. The number of rotatable bonds is 2. The number of phenolic OH excluding ortho intramolecular Hbond substituents is 1. The van der Waals surface area contributed by atoms with Crippen LogP contribution in [0, 0.1) is 0 Å². The molecule has 0 saturated carbocycles. The summed E-state index contributed by atoms with van der Waals surface area (Å²) in [5, 5.41) is 20.5. The Morgan fingerprint density at radius 3 is 2.31 bits per heavy atom. The van der Waals surface area contributed by atoms with Crippen molar-refractivity contribution >= 4 is 5.97 Å². The third kappa shape index (κ3) is 2.54. The van der Waals surface area contributed by atoms with Gasteiger partial charge in [0.05, 0.1) is 5.92 Å². The molecule has 1 atom stereocenters. The van der Waals surface area contributed by atoms with Crippen LogP contribution in [-0.2, 0) is 15.3 Å². The summed E-state index contributed by atoms with van der Waals surface area (Å²) in [6.45, 7) is 7.48. The van der Waals surface area contributed by atoms with Crippen LogP contribution >= 0.6 is 0 Å². The Morgan fingerprint density at radius 2 is 1.88 bits per heavy atom. The summed E-state index contributed by atoms with van der Waals surface area (Å²) in [5.74, 6) is -1.57. The Bertz CT molecular complexity index is 402. The smallest absolute Gasteiger partial charge is 0.362 e. The van der Waals surface area contributed by atoms with Crippen LogP contribution in [-0.4, -0.2) is 11.1 Å². The molecule has 0 spiro atoms. The van der Waals surface area contributed by atoms with Crippen LogP contribution in [0.5, 0.6) is 5.75 Å². The molecule has 1 aromatic carbocycles. The Balaban J connectivity index is 3.23. The lowest BCUT2D eigenvalue weighted by Gasteiger charge is -2.21. The van der Waals surface area contributed by atoms with E-state index in [1.165, 1.54) is 6.07 Å². The maximum absolute atomic E-state index is 10.8. The molecule has 1 unspecified atom stereocenters. The van der Waals surface area contributed by atoms with Gasteiger partial charge >= 0.3 is 5.97 Å². The number of benzene rings is 1. The SMILES string of the molecule is CC(C([O])=O)c1ccc(O)c(C(C)(C)C)c1. The summed E-state index contributed by atoms with van der Waals surface area (Å²) >= 11 is 0. The number of aromatic hydroxyl groups is 1. The second-order valence-electron chi connectivity index (χ2n) is 5.07. The maximum Gasteiger partial charge on any atom is 0.362 e. The molecule has 0 heterocycles. The van der Waals surface area contributed by atoms with Crippen molar-refractivity contribution in [2.24, 2.45) is 0 Å². The fraction of sp³-hybridized carbons (Fsp3) is 0.462. The van der Waals surface area contributed by atoms with Gasteiger partial charge in [-0.1, -0.05) is 32.9 Å². The molecular formula is C13H17O3. The summed E-state index contributed by atoms with van der Waals surface area (Å²) < 4.78 is 0. The summed E-state index contributed by atoms with van der Waals surface area (Å²) in [6, 6.07) is 4.89. The van der Waals surface area contributed by atoms with Crippen LogP contribution in [0.3, 0.4) is 0 Å². The largest absolute Gasteiger partial charge is 0.508 e. The number of hydrogen-bond donors (Lipinski definition) is 1. The van der Waals surface area contributed by atoms with Crippen molar-refractivity contribution in [2.45, 2.75) is 39.0 Å². The second-order valence-corrected chi connectivity index (χ2v) is 5.07. The van der Waals surface area contributed by atoms with Gasteiger partial charge in [0.2, 0.25) is 0 Å². The van der Waals surface area contributed by atoms with E-state index in [9.17, 15) is 15.0 Å². The first-order valence-electron chi connectivity index (χ1n) is 5.27. The highest BCUT2D eigenvalue weighted by atomic mass is 16.4. The molecule has 3 nitrogen and oxygen atoms in total. The predicted octanol–water partition coefficient (Wildman–Crippen LogP) is 2.75. The predicted molar refractivity (Wildman–Crippen MR) is 60.9 cm³/mol. The van der Waals surface area contributed by atoms with Crippen molar-refractivity contribution < 1.29 is 15.0 Å². The van der Waals surface area contributed by atoms with Crippen LogP contribution in [0.2, 0.25) is 0 Å². The average Bonchev–Trinajstić information content (AvgIpc) is 2.15. The minimum Gasteiger partial charge on any atom is -0.508 e. The van der Waals surface area contributed by atoms with Crippen LogP contribution in [0.15, 0.2) is 18.2 Å². The van der Waals surface area contributed by atoms with Gasteiger partial charge in [-0.25, -0.2) is 9.90 Å². The van der Waals surface area contributed by atoms with Crippen molar-refractivity contribution in [2.75, 3.05) is 0 Å². The Kier molecular flexibility index (Phi) is 3.27. The van der Waals surface area contributed by atoms with Crippen LogP contribution in [0.25, 0.3) is 0 Å². The maximum atomic E-state index is 10.8. The van der Waals surface area contributed by atoms with Crippen molar-refractivity contribution in [3.8, 4) is 5.75 Å². The second kappa shape index (κ2) is 4.16. The molecule has 0 aliphatic heterocycles. The Morgan fingerprint density at radius 1 is 1.31 bits per heavy atom. The van der Waals surface area contributed by atoms with Crippen molar-refractivity contribution in [3.05, 3.63) is 29.3 Å². The lowest BCUT2D eigenvalue weighted by Crippen LogP contribution is -2.13. The van der Waals surface area contributed by atoms with E-state index in [1.54, 1.807) is 19.1 Å². The molecule has 0 amide bonds. The summed E-state index contributed by atoms with van der Waals surface area (Å²) in [5.41, 5.74) is 1.19. The molecule has 0 saturated heterocycles. The van der Waals surface area contributed by atoms with E-state index in [4.69, 9.17) is 0 Å². The molecule has 0 aliphatic rings. The number of carbonyl (C=O) groups excluding carboxylic acids is 1. The first-order chi connectivity index (χ1) is 7.23. The average molecular weight is 221 g/mol. The van der Waals surface area contributed by atoms with E-state index >= 15 is 0 Å². The zero-order chi connectivity index (χ0) is 12.5. The lowest BCUT2D eigenvalue weighted by molar-refractivity contribution is -0.144. The zero-order valence-electron chi connectivity index (χ0n) is 10.1. The third-order valence-electron chi connectivity index (χ3n) is 2.68. The standard InChI is InChI=1S/C13H17O3/c1-8(12(15)16)9-5-6-11(14)10(7-9)13(2,3)4/h5-8,14H,1-4H3. The van der Waals surface area contributed by atoms with Gasteiger partial charge in [-0.3, -0.25) is 0 Å². The highest BCUT2D eigenvalue weighted by Crippen LogP contribution is 2.33. The monoisotopic (exact) mass is 221 g/mol. The van der Waals surface area contributed by atoms with Gasteiger partial charge in [0.25, 0.3) is 0 Å². The first kappa shape index (κ1) is 12.6. The quantitative estimate of drug-likeness (QED) is 0.834. The van der Waals surface area contributed by atoms with Gasteiger partial charge in [-0.05, 0) is 29.5 Å². The van der Waals surface area contributed by atoms with Crippen LogP contribution < -0.4 is 0 Å². The molecule has 0 aromatic heterocycles. The van der Waals surface area contributed by atoms with E-state index in [0.29, 0.717) is 5.56 Å². The van der Waals surface area contributed by atoms with Gasteiger partial charge in [-0.2, -0.15) is 0 Å². The van der Waals surface area contributed by atoms with Crippen molar-refractivity contribution in [1.82, 2.24) is 0 Å². The summed E-state index contributed by atoms with van der Waals surface area (Å²) in [4.78, 5) is 10.8. The number of carbonyl (C=O) groups is 1. The topological polar surface area (TPSA) is 57.2 Å². The number of phenols is 1. The van der Waals surface area contributed by atoms with Gasteiger partial charge in [0.1, 0.15) is 5.75 Å². The van der Waals surface area contributed by atoms with Crippen molar-refractivity contribution in [1.29, 1.82) is 0 Å². The van der Waals surface area contributed by atoms with Crippen LogP contribution in [0.1, 0.15) is 44.7 Å². The van der Waals surface area contributed by atoms with Crippen LogP contribution in [0.4, 0.5) is 0 Å². The molecule has 87 valence electrons. The molecule has 0 fully saturated rings. The molecular weight excluding hydrogens is 204 g/mol. The van der Waals surface area contributed by atoms with Gasteiger partial charge in [-0.15, -0.1) is 0 Å². The van der Waals surface area contributed by atoms with E-state index in [0.717, 1.165) is 5.56 Å². The van der Waals surface area contributed by atoms with Gasteiger partial charge in [0, 0.05) is 0 Å². The van der Waals surface area contributed by atoms with E-state index in [2.05, 4.69) is 0 Å². The van der Waals surface area contributed by atoms with E-state index < -0.39 is 11.9 Å². The fourth-order valence-electron chi connectivity index (χ4n) is 1.56. The molecule has 1 aromatic rings. The molecule has 3 heteroatoms. The molecule has 16 heavy (non-hydrogen) atoms. The molecule has 0 aliphatic carbocycles. The minimum absolute atomic E-state index is 0.196. The van der Waals surface area contributed by atoms with Crippen molar-refractivity contribution in [3.63, 3.8) is 0 Å². The lowest BCUT2D eigenvalue weighted by atomic mass is 9.84. The van der Waals surface area contributed by atoms with Gasteiger partial charge in [0.15, 0.2) is 0 Å². The van der Waals surface area contributed by atoms with E-state index in [-0.39, 0.29) is 11.2 Å². The minimum atomic E-state index is -1.11. The first-order valence-corrected chi connectivity index (χ1v) is 5.27. The molecule has 1 N–H and O–H groups in total. The third-order valence-corrected chi connectivity index (χ3v) is 2.68. The zero-order valence-corrected chi connectivity index (χ0v) is 10.1. The molecule has 1 rings (SSSR count).